The second kappa shape index (κ2) is 13.4. The fraction of sp³-hybridized carbons (Fsp3) is 0.778. The van der Waals surface area contributed by atoms with Crippen molar-refractivity contribution in [1.82, 2.24) is 10.2 Å². The largest absolute Gasteiger partial charge is 0.481 e. The van der Waals surface area contributed by atoms with Crippen LogP contribution < -0.4 is 5.32 Å². The van der Waals surface area contributed by atoms with E-state index in [9.17, 15) is 24.3 Å². The molecule has 0 fully saturated rings. The van der Waals surface area contributed by atoms with Gasteiger partial charge < -0.3 is 15.2 Å². The summed E-state index contributed by atoms with van der Waals surface area (Å²) in [5.74, 6) is -1.69. The fourth-order valence-corrected chi connectivity index (χ4v) is 3.54. The van der Waals surface area contributed by atoms with Gasteiger partial charge in [-0.15, -0.1) is 0 Å². The molecule has 2 N–H and O–H groups in total. The minimum Gasteiger partial charge on any atom is -0.481 e. The highest BCUT2D eigenvalue weighted by Gasteiger charge is 2.34. The van der Waals surface area contributed by atoms with E-state index in [1.54, 1.807) is 11.8 Å². The number of nitrogens with zero attached hydrogens (tertiary/aromatic N) is 1. The van der Waals surface area contributed by atoms with Crippen molar-refractivity contribution in [2.75, 3.05) is 32.2 Å². The lowest BCUT2D eigenvalue weighted by atomic mass is 9.86. The Bertz CT molecular complexity index is 512. The van der Waals surface area contributed by atoms with E-state index < -0.39 is 29.8 Å². The molecule has 0 spiro atoms. The number of ether oxygens (including phenoxy) is 1. The zero-order valence-corrected chi connectivity index (χ0v) is 17.6. The summed E-state index contributed by atoms with van der Waals surface area (Å²) in [6.07, 6.45) is 0.251. The number of methoxy groups -OCH3 is 1. The number of nitrogens with one attached hydrogen (secondary N) is 1. The zero-order valence-electron chi connectivity index (χ0n) is 16.8. The Morgan fingerprint density at radius 3 is 2.33 bits per heavy atom. The van der Waals surface area contributed by atoms with Gasteiger partial charge in [-0.05, 0) is 36.2 Å². The van der Waals surface area contributed by atoms with Crippen molar-refractivity contribution < 1.29 is 29.0 Å². The Balaban J connectivity index is 4.68. The Kier molecular flexibility index (Phi) is 12.5. The highest BCUT2D eigenvalue weighted by Crippen LogP contribution is 2.25. The summed E-state index contributed by atoms with van der Waals surface area (Å²) in [4.78, 5) is 48.0. The maximum absolute atomic E-state index is 12.4. The van der Waals surface area contributed by atoms with Crippen molar-refractivity contribution in [3.05, 3.63) is 0 Å². The van der Waals surface area contributed by atoms with Gasteiger partial charge in [0.05, 0.1) is 7.11 Å². The van der Waals surface area contributed by atoms with Crippen LogP contribution in [0.5, 0.6) is 0 Å². The third-order valence-electron chi connectivity index (χ3n) is 4.02. The number of thioether (sulfide) groups is 1. The van der Waals surface area contributed by atoms with Crippen LogP contribution in [0.2, 0.25) is 0 Å². The summed E-state index contributed by atoms with van der Waals surface area (Å²) in [6, 6.07) is 0. The number of amides is 3. The number of rotatable bonds is 12. The number of carboxylic acid groups (broad SMARTS) is 1. The highest BCUT2D eigenvalue weighted by molar-refractivity contribution is 7.99. The SMILES string of the molecule is CCSC[C@H](CC(C)C)[C@H](C(=O)O)C(=O)NCCCC(=O)N(C)C(=O)OC. The van der Waals surface area contributed by atoms with Crippen LogP contribution in [0.15, 0.2) is 0 Å². The molecule has 2 atom stereocenters. The lowest BCUT2D eigenvalue weighted by Crippen LogP contribution is -2.41. The molecule has 0 saturated heterocycles. The Hall–Kier alpha value is -1.77. The van der Waals surface area contributed by atoms with Gasteiger partial charge >= 0.3 is 12.1 Å². The Morgan fingerprint density at radius 1 is 1.22 bits per heavy atom. The van der Waals surface area contributed by atoms with E-state index >= 15 is 0 Å². The van der Waals surface area contributed by atoms with Crippen LogP contribution >= 0.6 is 11.8 Å². The van der Waals surface area contributed by atoms with Crippen molar-refractivity contribution in [3.63, 3.8) is 0 Å². The molecular weight excluding hydrogens is 372 g/mol. The molecule has 0 heterocycles. The van der Waals surface area contributed by atoms with E-state index in [4.69, 9.17) is 0 Å². The van der Waals surface area contributed by atoms with E-state index in [2.05, 4.69) is 10.1 Å². The molecular formula is C18H32N2O6S. The van der Waals surface area contributed by atoms with Gasteiger partial charge in [-0.2, -0.15) is 11.8 Å². The Morgan fingerprint density at radius 2 is 1.85 bits per heavy atom. The molecule has 0 unspecified atom stereocenters. The van der Waals surface area contributed by atoms with Crippen LogP contribution in [-0.4, -0.2) is 66.1 Å². The smallest absolute Gasteiger partial charge is 0.415 e. The molecule has 27 heavy (non-hydrogen) atoms. The molecule has 0 bridgehead atoms. The summed E-state index contributed by atoms with van der Waals surface area (Å²) in [5, 5.41) is 12.2. The van der Waals surface area contributed by atoms with Crippen molar-refractivity contribution in [3.8, 4) is 0 Å². The molecule has 0 aliphatic rings. The average molecular weight is 405 g/mol. The van der Waals surface area contributed by atoms with E-state index in [1.807, 2.05) is 20.8 Å². The molecule has 3 amide bonds. The number of carboxylic acids is 1. The Labute approximate surface area is 165 Å². The summed E-state index contributed by atoms with van der Waals surface area (Å²) in [6.45, 7) is 6.17. The lowest BCUT2D eigenvalue weighted by molar-refractivity contribution is -0.149. The molecule has 0 aliphatic carbocycles. The number of hydrogen-bond donors (Lipinski definition) is 2. The molecule has 0 aromatic heterocycles. The van der Waals surface area contributed by atoms with Gasteiger partial charge in [0.15, 0.2) is 0 Å². The number of aliphatic carboxylic acids is 1. The standard InChI is InChI=1S/C18H32N2O6S/c1-6-27-11-13(10-12(2)3)15(17(23)24)16(22)19-9-7-8-14(21)20(4)18(25)26-5/h12-13,15H,6-11H2,1-5H3,(H,19,22)(H,23,24)/t13-,15-/m0/s1. The molecule has 0 rings (SSSR count). The van der Waals surface area contributed by atoms with Crippen molar-refractivity contribution in [1.29, 1.82) is 0 Å². The van der Waals surface area contributed by atoms with Gasteiger partial charge in [0, 0.05) is 20.0 Å². The average Bonchev–Trinajstić information content (AvgIpc) is 2.60. The summed E-state index contributed by atoms with van der Waals surface area (Å²) < 4.78 is 4.45. The monoisotopic (exact) mass is 404 g/mol. The first-order chi connectivity index (χ1) is 12.6. The minimum absolute atomic E-state index is 0.0464. The van der Waals surface area contributed by atoms with Gasteiger partial charge in [-0.3, -0.25) is 19.3 Å². The molecule has 9 heteroatoms. The van der Waals surface area contributed by atoms with Crippen molar-refractivity contribution in [2.45, 2.75) is 40.0 Å². The molecule has 156 valence electrons. The minimum atomic E-state index is -1.13. The maximum atomic E-state index is 12.4. The number of carbonyl (C=O) groups is 4. The number of carbonyl (C=O) groups excluding carboxylic acids is 3. The topological polar surface area (TPSA) is 113 Å². The molecule has 8 nitrogen and oxygen atoms in total. The number of imide groups is 1. The van der Waals surface area contributed by atoms with Crippen molar-refractivity contribution >= 4 is 35.6 Å². The summed E-state index contributed by atoms with van der Waals surface area (Å²) >= 11 is 1.62. The summed E-state index contributed by atoms with van der Waals surface area (Å²) in [7, 11) is 2.50. The van der Waals surface area contributed by atoms with E-state index in [0.717, 1.165) is 10.7 Å². The second-order valence-corrected chi connectivity index (χ2v) is 8.00. The van der Waals surface area contributed by atoms with Crippen molar-refractivity contribution in [2.24, 2.45) is 17.8 Å². The second-order valence-electron chi connectivity index (χ2n) is 6.68. The first kappa shape index (κ1) is 25.2. The van der Waals surface area contributed by atoms with Gasteiger partial charge in [0.1, 0.15) is 5.92 Å². The fourth-order valence-electron chi connectivity index (χ4n) is 2.67. The number of hydrogen-bond acceptors (Lipinski definition) is 6. The predicted molar refractivity (Wildman–Crippen MR) is 104 cm³/mol. The summed E-state index contributed by atoms with van der Waals surface area (Å²) in [5.41, 5.74) is 0. The third-order valence-corrected chi connectivity index (χ3v) is 5.09. The van der Waals surface area contributed by atoms with Crippen LogP contribution in [0.3, 0.4) is 0 Å². The molecule has 0 radical (unpaired) electrons. The first-order valence-corrected chi connectivity index (χ1v) is 10.2. The maximum Gasteiger partial charge on any atom is 0.415 e. The zero-order chi connectivity index (χ0) is 21.0. The van der Waals surface area contributed by atoms with E-state index in [1.165, 1.54) is 14.2 Å². The van der Waals surface area contributed by atoms with Gasteiger partial charge in [0.2, 0.25) is 11.8 Å². The lowest BCUT2D eigenvalue weighted by Gasteiger charge is -2.24. The van der Waals surface area contributed by atoms with Crippen LogP contribution in [-0.2, 0) is 19.1 Å². The third kappa shape index (κ3) is 9.65. The van der Waals surface area contributed by atoms with Crippen LogP contribution in [0.4, 0.5) is 4.79 Å². The molecule has 0 aliphatic heterocycles. The molecule has 0 aromatic rings. The van der Waals surface area contributed by atoms with E-state index in [-0.39, 0.29) is 24.8 Å². The normalized spacial score (nSPS) is 13.0. The molecule has 0 saturated carbocycles. The first-order valence-electron chi connectivity index (χ1n) is 9.08. The molecule has 0 aromatic carbocycles. The quantitative estimate of drug-likeness (QED) is 0.379. The van der Waals surface area contributed by atoms with Gasteiger partial charge in [0.25, 0.3) is 0 Å². The highest BCUT2D eigenvalue weighted by atomic mass is 32.2. The van der Waals surface area contributed by atoms with Gasteiger partial charge in [-0.1, -0.05) is 20.8 Å². The van der Waals surface area contributed by atoms with Crippen LogP contribution in [0.25, 0.3) is 0 Å². The van der Waals surface area contributed by atoms with Crippen LogP contribution in [0, 0.1) is 17.8 Å². The predicted octanol–water partition coefficient (Wildman–Crippen LogP) is 2.22. The van der Waals surface area contributed by atoms with E-state index in [0.29, 0.717) is 18.6 Å². The van der Waals surface area contributed by atoms with Crippen LogP contribution in [0.1, 0.15) is 40.0 Å². The van der Waals surface area contributed by atoms with Gasteiger partial charge in [-0.25, -0.2) is 4.79 Å².